The molecule has 1 aromatic carbocycles. The van der Waals surface area contributed by atoms with Gasteiger partial charge in [-0.3, -0.25) is 4.79 Å². The number of anilines is 2. The van der Waals surface area contributed by atoms with E-state index in [0.717, 1.165) is 12.2 Å². The van der Waals surface area contributed by atoms with Gasteiger partial charge in [-0.05, 0) is 24.1 Å². The number of hydrogen-bond donors (Lipinski definition) is 3. The Kier molecular flexibility index (Phi) is 3.55. The maximum absolute atomic E-state index is 11.1. The first-order valence-corrected chi connectivity index (χ1v) is 4.94. The molecule has 1 aromatic rings. The highest BCUT2D eigenvalue weighted by Gasteiger charge is 2.08. The Hall–Kier alpha value is -1.71. The Labute approximate surface area is 89.6 Å². The molecule has 82 valence electrons. The van der Waals surface area contributed by atoms with Crippen molar-refractivity contribution in [1.29, 1.82) is 0 Å². The van der Waals surface area contributed by atoms with E-state index in [0.29, 0.717) is 17.2 Å². The summed E-state index contributed by atoms with van der Waals surface area (Å²) in [5, 5.41) is 3.16. The van der Waals surface area contributed by atoms with E-state index in [1.165, 1.54) is 0 Å². The van der Waals surface area contributed by atoms with Gasteiger partial charge in [-0.1, -0.05) is 13.8 Å². The molecule has 15 heavy (non-hydrogen) atoms. The van der Waals surface area contributed by atoms with Crippen molar-refractivity contribution in [2.45, 2.75) is 13.8 Å². The maximum Gasteiger partial charge on any atom is 0.250 e. The summed E-state index contributed by atoms with van der Waals surface area (Å²) in [6.45, 7) is 4.98. The lowest BCUT2D eigenvalue weighted by Crippen LogP contribution is -2.16. The van der Waals surface area contributed by atoms with Crippen molar-refractivity contribution in [2.24, 2.45) is 11.7 Å². The molecule has 1 amide bonds. The first kappa shape index (κ1) is 11.4. The fourth-order valence-electron chi connectivity index (χ4n) is 1.23. The van der Waals surface area contributed by atoms with E-state index in [4.69, 9.17) is 11.5 Å². The summed E-state index contributed by atoms with van der Waals surface area (Å²) in [6.07, 6.45) is 0. The largest absolute Gasteiger partial charge is 0.399 e. The van der Waals surface area contributed by atoms with Gasteiger partial charge in [-0.2, -0.15) is 0 Å². The second-order valence-corrected chi connectivity index (χ2v) is 3.94. The van der Waals surface area contributed by atoms with E-state index in [1.54, 1.807) is 18.2 Å². The minimum atomic E-state index is -0.464. The van der Waals surface area contributed by atoms with Crippen LogP contribution in [-0.4, -0.2) is 12.5 Å². The van der Waals surface area contributed by atoms with Crippen molar-refractivity contribution in [3.05, 3.63) is 23.8 Å². The lowest BCUT2D eigenvalue weighted by molar-refractivity contribution is 0.100. The Morgan fingerprint density at radius 1 is 1.47 bits per heavy atom. The lowest BCUT2D eigenvalue weighted by atomic mass is 10.1. The predicted octanol–water partition coefficient (Wildman–Crippen LogP) is 1.44. The number of hydrogen-bond acceptors (Lipinski definition) is 3. The molecule has 0 unspecified atom stereocenters. The molecule has 0 saturated heterocycles. The van der Waals surface area contributed by atoms with Crippen LogP contribution in [0.4, 0.5) is 11.4 Å². The first-order valence-electron chi connectivity index (χ1n) is 4.94. The number of nitrogens with one attached hydrogen (secondary N) is 1. The predicted molar refractivity (Wildman–Crippen MR) is 62.7 cm³/mol. The molecule has 0 aliphatic carbocycles. The normalized spacial score (nSPS) is 10.3. The van der Waals surface area contributed by atoms with Crippen LogP contribution in [0.1, 0.15) is 24.2 Å². The molecule has 0 saturated carbocycles. The molecule has 0 radical (unpaired) electrons. The molecule has 0 fully saturated rings. The Bertz CT molecular complexity index is 361. The highest BCUT2D eigenvalue weighted by Crippen LogP contribution is 2.18. The molecule has 0 aromatic heterocycles. The van der Waals surface area contributed by atoms with Crippen LogP contribution < -0.4 is 16.8 Å². The number of nitrogens with two attached hydrogens (primary N) is 2. The van der Waals surface area contributed by atoms with Gasteiger partial charge in [0.1, 0.15) is 0 Å². The molecule has 0 aliphatic rings. The van der Waals surface area contributed by atoms with Gasteiger partial charge in [0.15, 0.2) is 0 Å². The molecule has 0 bridgehead atoms. The number of primary amides is 1. The van der Waals surface area contributed by atoms with Crippen LogP contribution in [-0.2, 0) is 0 Å². The maximum atomic E-state index is 11.1. The van der Waals surface area contributed by atoms with Crippen LogP contribution >= 0.6 is 0 Å². The zero-order chi connectivity index (χ0) is 11.4. The number of carbonyl (C=O) groups is 1. The molecule has 4 heteroatoms. The topological polar surface area (TPSA) is 81.1 Å². The van der Waals surface area contributed by atoms with Gasteiger partial charge >= 0.3 is 0 Å². The van der Waals surface area contributed by atoms with Crippen molar-refractivity contribution in [3.63, 3.8) is 0 Å². The highest BCUT2D eigenvalue weighted by molar-refractivity contribution is 5.99. The lowest BCUT2D eigenvalue weighted by Gasteiger charge is -2.12. The van der Waals surface area contributed by atoms with Gasteiger partial charge in [-0.15, -0.1) is 0 Å². The minimum absolute atomic E-state index is 0.440. The molecule has 5 N–H and O–H groups in total. The van der Waals surface area contributed by atoms with E-state index in [1.807, 2.05) is 0 Å². The van der Waals surface area contributed by atoms with Gasteiger partial charge in [0, 0.05) is 17.9 Å². The molecule has 0 heterocycles. The summed E-state index contributed by atoms with van der Waals surface area (Å²) in [5.74, 6) is 0.0387. The molecule has 4 nitrogen and oxygen atoms in total. The monoisotopic (exact) mass is 207 g/mol. The second-order valence-electron chi connectivity index (χ2n) is 3.94. The number of nitrogen functional groups attached to an aromatic ring is 1. The molecule has 0 atom stereocenters. The van der Waals surface area contributed by atoms with Crippen LogP contribution in [0.15, 0.2) is 18.2 Å². The van der Waals surface area contributed by atoms with Crippen molar-refractivity contribution in [2.75, 3.05) is 17.6 Å². The summed E-state index contributed by atoms with van der Waals surface area (Å²) in [6, 6.07) is 5.11. The summed E-state index contributed by atoms with van der Waals surface area (Å²) in [4.78, 5) is 11.1. The Balaban J connectivity index is 2.91. The summed E-state index contributed by atoms with van der Waals surface area (Å²) in [7, 11) is 0. The number of rotatable bonds is 4. The molecular formula is C11H17N3O. The third-order valence-corrected chi connectivity index (χ3v) is 2.01. The van der Waals surface area contributed by atoms with Crippen molar-refractivity contribution >= 4 is 17.3 Å². The Morgan fingerprint density at radius 3 is 2.67 bits per heavy atom. The third-order valence-electron chi connectivity index (χ3n) is 2.01. The highest BCUT2D eigenvalue weighted by atomic mass is 16.1. The molecular weight excluding hydrogens is 190 g/mol. The quantitative estimate of drug-likeness (QED) is 0.653. The van der Waals surface area contributed by atoms with Crippen LogP contribution in [0, 0.1) is 5.92 Å². The van der Waals surface area contributed by atoms with Gasteiger partial charge in [0.25, 0.3) is 5.91 Å². The van der Waals surface area contributed by atoms with Crippen LogP contribution in [0.5, 0.6) is 0 Å². The smallest absolute Gasteiger partial charge is 0.250 e. The van der Waals surface area contributed by atoms with E-state index >= 15 is 0 Å². The zero-order valence-corrected chi connectivity index (χ0v) is 9.08. The van der Waals surface area contributed by atoms with Crippen molar-refractivity contribution in [1.82, 2.24) is 0 Å². The van der Waals surface area contributed by atoms with E-state index in [2.05, 4.69) is 19.2 Å². The fraction of sp³-hybridized carbons (Fsp3) is 0.364. The van der Waals surface area contributed by atoms with Gasteiger partial charge in [0.2, 0.25) is 0 Å². The average molecular weight is 207 g/mol. The Morgan fingerprint density at radius 2 is 2.13 bits per heavy atom. The van der Waals surface area contributed by atoms with Gasteiger partial charge in [0.05, 0.1) is 5.56 Å². The summed E-state index contributed by atoms with van der Waals surface area (Å²) in [5.41, 5.74) is 12.6. The molecule has 0 spiro atoms. The standard InChI is InChI=1S/C11H17N3O/c1-7(2)6-14-10-4-3-8(12)5-9(10)11(13)15/h3-5,7,14H,6,12H2,1-2H3,(H2,13,15). The van der Waals surface area contributed by atoms with E-state index in [9.17, 15) is 4.79 Å². The first-order chi connectivity index (χ1) is 7.00. The van der Waals surface area contributed by atoms with Crippen LogP contribution in [0.3, 0.4) is 0 Å². The number of carbonyl (C=O) groups excluding carboxylic acids is 1. The fourth-order valence-corrected chi connectivity index (χ4v) is 1.23. The summed E-state index contributed by atoms with van der Waals surface area (Å²) >= 11 is 0. The zero-order valence-electron chi connectivity index (χ0n) is 9.08. The minimum Gasteiger partial charge on any atom is -0.399 e. The second kappa shape index (κ2) is 4.68. The molecule has 1 rings (SSSR count). The van der Waals surface area contributed by atoms with E-state index in [-0.39, 0.29) is 0 Å². The number of amides is 1. The van der Waals surface area contributed by atoms with Crippen LogP contribution in [0.2, 0.25) is 0 Å². The van der Waals surface area contributed by atoms with Gasteiger partial charge in [-0.25, -0.2) is 0 Å². The number of benzene rings is 1. The van der Waals surface area contributed by atoms with Crippen molar-refractivity contribution in [3.8, 4) is 0 Å². The van der Waals surface area contributed by atoms with E-state index < -0.39 is 5.91 Å². The molecule has 0 aliphatic heterocycles. The van der Waals surface area contributed by atoms with Crippen LogP contribution in [0.25, 0.3) is 0 Å². The SMILES string of the molecule is CC(C)CNc1ccc(N)cc1C(N)=O. The average Bonchev–Trinajstić information content (AvgIpc) is 2.15. The van der Waals surface area contributed by atoms with Crippen molar-refractivity contribution < 1.29 is 4.79 Å². The third kappa shape index (κ3) is 3.16. The van der Waals surface area contributed by atoms with Gasteiger partial charge < -0.3 is 16.8 Å². The summed E-state index contributed by atoms with van der Waals surface area (Å²) < 4.78 is 0.